The van der Waals surface area contributed by atoms with Crippen molar-refractivity contribution in [2.24, 2.45) is 0 Å². The summed E-state index contributed by atoms with van der Waals surface area (Å²) in [7, 11) is -4.31. The zero-order valence-electron chi connectivity index (χ0n) is 13.2. The first-order valence-corrected chi connectivity index (χ1v) is 8.28. The fourth-order valence-electron chi connectivity index (χ4n) is 2.59. The van der Waals surface area contributed by atoms with E-state index in [0.717, 1.165) is 16.7 Å². The van der Waals surface area contributed by atoms with Crippen LogP contribution in [0.15, 0.2) is 18.7 Å². The summed E-state index contributed by atoms with van der Waals surface area (Å²) in [5.74, 6) is 0. The second kappa shape index (κ2) is 5.14. The van der Waals surface area contributed by atoms with Crippen LogP contribution in [0, 0.1) is 0 Å². The van der Waals surface area contributed by atoms with Crippen molar-refractivity contribution in [3.05, 3.63) is 35.4 Å². The van der Waals surface area contributed by atoms with Gasteiger partial charge in [0.2, 0.25) is 0 Å². The van der Waals surface area contributed by atoms with Crippen LogP contribution in [0.5, 0.6) is 0 Å². The molecule has 0 heterocycles. The van der Waals surface area contributed by atoms with Crippen LogP contribution in [0.1, 0.15) is 58.2 Å². The van der Waals surface area contributed by atoms with Gasteiger partial charge in [0, 0.05) is 0 Å². The molecule has 0 aliphatic rings. The van der Waals surface area contributed by atoms with E-state index in [1.807, 2.05) is 41.5 Å². The molecule has 0 aliphatic carbocycles. The lowest BCUT2D eigenvalue weighted by atomic mass is 9.73. The highest BCUT2D eigenvalue weighted by atomic mass is 31.2. The summed E-state index contributed by atoms with van der Waals surface area (Å²) < 4.78 is 11.8. The van der Waals surface area contributed by atoms with Crippen LogP contribution in [0.25, 0.3) is 6.08 Å². The first-order chi connectivity index (χ1) is 8.80. The van der Waals surface area contributed by atoms with E-state index in [1.54, 1.807) is 12.1 Å². The lowest BCUT2D eigenvalue weighted by molar-refractivity contribution is 0.386. The van der Waals surface area contributed by atoms with Gasteiger partial charge in [-0.25, -0.2) is 0 Å². The van der Waals surface area contributed by atoms with E-state index in [4.69, 9.17) is 0 Å². The maximum Gasteiger partial charge on any atom is 0.356 e. The first-order valence-electron chi connectivity index (χ1n) is 6.66. The molecule has 0 amide bonds. The molecule has 0 fully saturated rings. The molecule has 20 heavy (non-hydrogen) atoms. The Balaban J connectivity index is 3.97. The smallest absolute Gasteiger partial charge is 0.321 e. The van der Waals surface area contributed by atoms with Crippen LogP contribution in [0.4, 0.5) is 0 Å². The Morgan fingerprint density at radius 1 is 1.00 bits per heavy atom. The molecule has 3 nitrogen and oxygen atoms in total. The van der Waals surface area contributed by atoms with Gasteiger partial charge in [0.05, 0.1) is 5.30 Å². The monoisotopic (exact) mass is 296 g/mol. The van der Waals surface area contributed by atoms with Crippen LogP contribution in [0.2, 0.25) is 0 Å². The van der Waals surface area contributed by atoms with E-state index < -0.39 is 7.60 Å². The molecule has 0 aliphatic heterocycles. The van der Waals surface area contributed by atoms with E-state index in [-0.39, 0.29) is 16.1 Å². The summed E-state index contributed by atoms with van der Waals surface area (Å²) in [6.07, 6.45) is 1.75. The van der Waals surface area contributed by atoms with Gasteiger partial charge >= 0.3 is 7.60 Å². The molecular formula is C16H25O3P. The van der Waals surface area contributed by atoms with Gasteiger partial charge in [-0.15, -0.1) is 0 Å². The van der Waals surface area contributed by atoms with Crippen molar-refractivity contribution in [1.29, 1.82) is 0 Å². The van der Waals surface area contributed by atoms with Crippen LogP contribution >= 0.6 is 7.60 Å². The summed E-state index contributed by atoms with van der Waals surface area (Å²) in [6.45, 7) is 15.9. The Morgan fingerprint density at radius 2 is 1.45 bits per heavy atom. The van der Waals surface area contributed by atoms with Crippen LogP contribution in [-0.2, 0) is 15.4 Å². The predicted octanol–water partition coefficient (Wildman–Crippen LogP) is 3.73. The Labute approximate surface area is 121 Å². The highest BCUT2D eigenvalue weighted by Gasteiger charge is 2.34. The molecule has 0 bridgehead atoms. The zero-order valence-corrected chi connectivity index (χ0v) is 14.1. The molecule has 2 N–H and O–H groups in total. The molecule has 1 rings (SSSR count). The van der Waals surface area contributed by atoms with Crippen molar-refractivity contribution < 1.29 is 14.4 Å². The Bertz CT molecular complexity index is 569. The van der Waals surface area contributed by atoms with Crippen molar-refractivity contribution in [3.8, 4) is 0 Å². The summed E-state index contributed by atoms with van der Waals surface area (Å²) >= 11 is 0. The van der Waals surface area contributed by atoms with Gasteiger partial charge in [-0.3, -0.25) is 4.57 Å². The normalized spacial score (nSPS) is 13.4. The molecule has 0 saturated heterocycles. The third-order valence-corrected chi connectivity index (χ3v) is 4.25. The van der Waals surface area contributed by atoms with Crippen molar-refractivity contribution in [2.75, 3.05) is 0 Å². The molecule has 0 atom stereocenters. The largest absolute Gasteiger partial charge is 0.356 e. The van der Waals surface area contributed by atoms with Crippen LogP contribution < -0.4 is 5.30 Å². The van der Waals surface area contributed by atoms with Gasteiger partial charge in [-0.1, -0.05) is 60.3 Å². The summed E-state index contributed by atoms with van der Waals surface area (Å²) in [5.41, 5.74) is 2.03. The number of benzene rings is 1. The second-order valence-electron chi connectivity index (χ2n) is 7.17. The van der Waals surface area contributed by atoms with Crippen molar-refractivity contribution in [1.82, 2.24) is 0 Å². The third-order valence-electron chi connectivity index (χ3n) is 3.25. The quantitative estimate of drug-likeness (QED) is 0.818. The molecule has 112 valence electrons. The minimum Gasteiger partial charge on any atom is -0.321 e. The number of rotatable bonds is 2. The standard InChI is InChI=1S/C16H25O3P/c1-8-11-9-10-12(20(17,18)19)14(16(5,6)7)13(11)15(2,3)4/h8-10H,1H2,2-7H3,(H2,17,18,19). The van der Waals surface area contributed by atoms with Crippen molar-refractivity contribution in [3.63, 3.8) is 0 Å². The minimum absolute atomic E-state index is 0.125. The lowest BCUT2D eigenvalue weighted by Crippen LogP contribution is -2.30. The van der Waals surface area contributed by atoms with E-state index >= 15 is 0 Å². The van der Waals surface area contributed by atoms with Gasteiger partial charge in [0.15, 0.2) is 0 Å². The average Bonchev–Trinajstić information content (AvgIpc) is 2.23. The maximum atomic E-state index is 11.8. The fourth-order valence-corrected chi connectivity index (χ4v) is 3.60. The maximum absolute atomic E-state index is 11.8. The molecule has 0 unspecified atom stereocenters. The molecule has 4 heteroatoms. The molecule has 1 aromatic carbocycles. The fraction of sp³-hybridized carbons (Fsp3) is 0.500. The second-order valence-corrected chi connectivity index (χ2v) is 8.74. The predicted molar refractivity (Wildman–Crippen MR) is 85.6 cm³/mol. The summed E-state index contributed by atoms with van der Waals surface area (Å²) in [5, 5.41) is 0.125. The van der Waals surface area contributed by atoms with E-state index in [9.17, 15) is 14.4 Å². The molecule has 0 saturated carbocycles. The SMILES string of the molecule is C=Cc1ccc(P(=O)(O)O)c(C(C)(C)C)c1C(C)(C)C. The summed E-state index contributed by atoms with van der Waals surface area (Å²) in [6, 6.07) is 3.28. The van der Waals surface area contributed by atoms with E-state index in [0.29, 0.717) is 0 Å². The average molecular weight is 296 g/mol. The van der Waals surface area contributed by atoms with Crippen LogP contribution in [-0.4, -0.2) is 9.79 Å². The molecule has 0 radical (unpaired) electrons. The van der Waals surface area contributed by atoms with E-state index in [2.05, 4.69) is 6.58 Å². The Morgan fingerprint density at radius 3 is 1.75 bits per heavy atom. The molecule has 0 aromatic heterocycles. The van der Waals surface area contributed by atoms with Gasteiger partial charge in [-0.05, 0) is 33.6 Å². The van der Waals surface area contributed by atoms with Crippen molar-refractivity contribution >= 4 is 19.0 Å². The molecule has 0 spiro atoms. The lowest BCUT2D eigenvalue weighted by Gasteiger charge is -2.34. The highest BCUT2D eigenvalue weighted by molar-refractivity contribution is 7.60. The zero-order chi connectivity index (χ0) is 15.9. The summed E-state index contributed by atoms with van der Waals surface area (Å²) in [4.78, 5) is 19.3. The van der Waals surface area contributed by atoms with Crippen molar-refractivity contribution in [2.45, 2.75) is 52.4 Å². The first kappa shape index (κ1) is 17.2. The van der Waals surface area contributed by atoms with E-state index in [1.165, 1.54) is 6.07 Å². The number of hydrogen-bond acceptors (Lipinski definition) is 1. The Hall–Kier alpha value is -0.890. The van der Waals surface area contributed by atoms with Gasteiger partial charge in [0.1, 0.15) is 0 Å². The Kier molecular flexibility index (Phi) is 4.41. The van der Waals surface area contributed by atoms with Crippen LogP contribution in [0.3, 0.4) is 0 Å². The van der Waals surface area contributed by atoms with Gasteiger partial charge < -0.3 is 9.79 Å². The molecular weight excluding hydrogens is 271 g/mol. The minimum atomic E-state index is -4.31. The highest BCUT2D eigenvalue weighted by Crippen LogP contribution is 2.43. The molecule has 1 aromatic rings. The van der Waals surface area contributed by atoms with Gasteiger partial charge in [-0.2, -0.15) is 0 Å². The topological polar surface area (TPSA) is 57.5 Å². The third kappa shape index (κ3) is 3.41. The number of hydrogen-bond donors (Lipinski definition) is 2. The van der Waals surface area contributed by atoms with Gasteiger partial charge in [0.25, 0.3) is 0 Å².